The number of hydrogen-bond acceptors (Lipinski definition) is 4. The first kappa shape index (κ1) is 27.1. The molecule has 0 saturated heterocycles. The van der Waals surface area contributed by atoms with Crippen LogP contribution >= 0.6 is 0 Å². The van der Waals surface area contributed by atoms with Crippen LogP contribution in [0, 0.1) is 5.92 Å². The van der Waals surface area contributed by atoms with Gasteiger partial charge in [0.15, 0.2) is 0 Å². The van der Waals surface area contributed by atoms with Gasteiger partial charge in [0.05, 0.1) is 24.1 Å². The molecule has 0 aromatic heterocycles. The van der Waals surface area contributed by atoms with Gasteiger partial charge >= 0.3 is 0 Å². The van der Waals surface area contributed by atoms with Crippen LogP contribution in [-0.2, 0) is 21.4 Å². The predicted molar refractivity (Wildman–Crippen MR) is 127 cm³/mol. The summed E-state index contributed by atoms with van der Waals surface area (Å²) in [4.78, 5) is 0. The van der Waals surface area contributed by atoms with Gasteiger partial charge in [0.25, 0.3) is 0 Å². The lowest BCUT2D eigenvalue weighted by molar-refractivity contribution is 0.0456. The van der Waals surface area contributed by atoms with Crippen LogP contribution in [0.4, 0.5) is 0 Å². The molecule has 0 saturated carbocycles. The molecule has 6 heteroatoms. The van der Waals surface area contributed by atoms with Gasteiger partial charge in [0.2, 0.25) is 10.0 Å². The molecule has 0 fully saturated rings. The maximum Gasteiger partial charge on any atom is 0.216 e. The van der Waals surface area contributed by atoms with E-state index >= 15 is 0 Å². The highest BCUT2D eigenvalue weighted by Crippen LogP contribution is 2.20. The second-order valence-corrected chi connectivity index (χ2v) is 10.5. The molecule has 5 nitrogen and oxygen atoms in total. The molecule has 1 aromatic rings. The zero-order chi connectivity index (χ0) is 22.4. The van der Waals surface area contributed by atoms with Crippen LogP contribution in [0.15, 0.2) is 30.3 Å². The van der Waals surface area contributed by atoms with Crippen molar-refractivity contribution in [2.75, 3.05) is 6.54 Å². The van der Waals surface area contributed by atoms with Crippen LogP contribution in [0.3, 0.4) is 0 Å². The van der Waals surface area contributed by atoms with E-state index in [4.69, 9.17) is 4.74 Å². The van der Waals surface area contributed by atoms with E-state index in [1.807, 2.05) is 58.0 Å². The Balaban J connectivity index is 2.59. The Morgan fingerprint density at radius 3 is 2.23 bits per heavy atom. The monoisotopic (exact) mass is 440 g/mol. The van der Waals surface area contributed by atoms with E-state index < -0.39 is 15.3 Å². The van der Waals surface area contributed by atoms with Gasteiger partial charge in [-0.15, -0.1) is 0 Å². The van der Waals surface area contributed by atoms with Crippen LogP contribution < -0.4 is 10.0 Å². The summed E-state index contributed by atoms with van der Waals surface area (Å²) < 4.78 is 35.2. The first-order valence-electron chi connectivity index (χ1n) is 11.7. The van der Waals surface area contributed by atoms with Crippen molar-refractivity contribution in [1.29, 1.82) is 0 Å². The van der Waals surface area contributed by atoms with E-state index in [9.17, 15) is 8.42 Å². The van der Waals surface area contributed by atoms with Crippen molar-refractivity contribution < 1.29 is 13.2 Å². The third-order valence-electron chi connectivity index (χ3n) is 5.48. The smallest absolute Gasteiger partial charge is 0.216 e. The molecule has 0 heterocycles. The van der Waals surface area contributed by atoms with E-state index in [2.05, 4.69) is 17.0 Å². The first-order chi connectivity index (χ1) is 14.3. The fourth-order valence-electron chi connectivity index (χ4n) is 3.65. The van der Waals surface area contributed by atoms with Gasteiger partial charge in [-0.3, -0.25) is 0 Å². The van der Waals surface area contributed by atoms with Crippen molar-refractivity contribution >= 4 is 10.0 Å². The average Bonchev–Trinajstić information content (AvgIpc) is 2.70. The molecule has 30 heavy (non-hydrogen) atoms. The Morgan fingerprint density at radius 2 is 1.63 bits per heavy atom. The highest BCUT2D eigenvalue weighted by atomic mass is 32.2. The molecular weight excluding hydrogens is 396 g/mol. The lowest BCUT2D eigenvalue weighted by Gasteiger charge is -2.27. The minimum atomic E-state index is -3.42. The SMILES string of the molecule is CCCCCCC(NCC)NS(=O)(=O)C(CCC(C)OCc1ccccc1)C(C)C. The van der Waals surface area contributed by atoms with Crippen LogP contribution in [0.25, 0.3) is 0 Å². The Morgan fingerprint density at radius 1 is 0.933 bits per heavy atom. The summed E-state index contributed by atoms with van der Waals surface area (Å²) in [6.07, 6.45) is 6.52. The summed E-state index contributed by atoms with van der Waals surface area (Å²) in [6.45, 7) is 11.5. The summed E-state index contributed by atoms with van der Waals surface area (Å²) >= 11 is 0. The topological polar surface area (TPSA) is 67.4 Å². The minimum absolute atomic E-state index is 0.0141. The Bertz CT molecular complexity index is 650. The van der Waals surface area contributed by atoms with Crippen LogP contribution in [0.5, 0.6) is 0 Å². The number of ether oxygens (including phenoxy) is 1. The molecule has 0 aliphatic heterocycles. The van der Waals surface area contributed by atoms with Crippen molar-refractivity contribution in [3.05, 3.63) is 35.9 Å². The lowest BCUT2D eigenvalue weighted by Crippen LogP contribution is -2.49. The van der Waals surface area contributed by atoms with E-state index in [1.54, 1.807) is 0 Å². The molecule has 1 aromatic carbocycles. The Hall–Kier alpha value is -0.950. The highest BCUT2D eigenvalue weighted by molar-refractivity contribution is 7.90. The summed E-state index contributed by atoms with van der Waals surface area (Å²) in [5.74, 6) is 0.0474. The molecule has 0 aliphatic rings. The van der Waals surface area contributed by atoms with Gasteiger partial charge in [-0.1, -0.05) is 83.7 Å². The molecule has 1 rings (SSSR count). The summed E-state index contributed by atoms with van der Waals surface area (Å²) in [5, 5.41) is 2.88. The van der Waals surface area contributed by atoms with Gasteiger partial charge in [0.1, 0.15) is 0 Å². The summed E-state index contributed by atoms with van der Waals surface area (Å²) in [5.41, 5.74) is 1.13. The normalized spacial score (nSPS) is 15.3. The first-order valence-corrected chi connectivity index (χ1v) is 13.2. The third-order valence-corrected chi connectivity index (χ3v) is 7.67. The standard InChI is InChI=1S/C24H44N2O3S/c1-6-8-9-13-16-24(25-7-2)26-30(27,28)23(20(3)4)18-17-21(5)29-19-22-14-11-10-12-15-22/h10-12,14-15,20-21,23-26H,6-9,13,16-19H2,1-5H3. The zero-order valence-electron chi connectivity index (χ0n) is 19.7. The van der Waals surface area contributed by atoms with Crippen molar-refractivity contribution in [2.45, 2.75) is 104 Å². The largest absolute Gasteiger partial charge is 0.374 e. The van der Waals surface area contributed by atoms with Gasteiger partial charge in [-0.2, -0.15) is 4.72 Å². The summed E-state index contributed by atoms with van der Waals surface area (Å²) in [7, 11) is -3.42. The molecule has 0 aliphatic carbocycles. The van der Waals surface area contributed by atoms with Crippen LogP contribution in [0.2, 0.25) is 0 Å². The van der Waals surface area contributed by atoms with Gasteiger partial charge in [0, 0.05) is 0 Å². The average molecular weight is 441 g/mol. The van der Waals surface area contributed by atoms with Crippen LogP contribution in [-0.4, -0.2) is 32.5 Å². The number of sulfonamides is 1. The summed E-state index contributed by atoms with van der Waals surface area (Å²) in [6, 6.07) is 10.1. The molecule has 0 bridgehead atoms. The maximum absolute atomic E-state index is 13.1. The predicted octanol–water partition coefficient (Wildman–Crippen LogP) is 5.22. The maximum atomic E-state index is 13.1. The third kappa shape index (κ3) is 10.9. The minimum Gasteiger partial charge on any atom is -0.374 e. The molecule has 0 amide bonds. The number of unbranched alkanes of at least 4 members (excludes halogenated alkanes) is 3. The Kier molecular flexibility index (Phi) is 13.5. The molecule has 0 radical (unpaired) electrons. The number of nitrogens with one attached hydrogen (secondary N) is 2. The van der Waals surface area contributed by atoms with Crippen molar-refractivity contribution in [3.63, 3.8) is 0 Å². The highest BCUT2D eigenvalue weighted by Gasteiger charge is 2.30. The number of rotatable bonds is 17. The fourth-order valence-corrected chi connectivity index (χ4v) is 5.59. The second kappa shape index (κ2) is 15.0. The zero-order valence-corrected chi connectivity index (χ0v) is 20.5. The van der Waals surface area contributed by atoms with E-state index in [1.165, 1.54) is 12.8 Å². The van der Waals surface area contributed by atoms with Crippen LogP contribution in [0.1, 0.15) is 85.1 Å². The molecule has 0 spiro atoms. The molecule has 174 valence electrons. The van der Waals surface area contributed by atoms with Crippen molar-refractivity contribution in [2.24, 2.45) is 5.92 Å². The van der Waals surface area contributed by atoms with Crippen molar-refractivity contribution in [3.8, 4) is 0 Å². The lowest BCUT2D eigenvalue weighted by atomic mass is 10.0. The van der Waals surface area contributed by atoms with E-state index in [-0.39, 0.29) is 18.2 Å². The number of hydrogen-bond donors (Lipinski definition) is 2. The van der Waals surface area contributed by atoms with Gasteiger partial charge < -0.3 is 10.1 Å². The Labute approximate surface area is 185 Å². The molecule has 3 unspecified atom stereocenters. The van der Waals surface area contributed by atoms with E-state index in [0.717, 1.165) is 37.8 Å². The van der Waals surface area contributed by atoms with Crippen molar-refractivity contribution in [1.82, 2.24) is 10.0 Å². The quantitative estimate of drug-likeness (QED) is 0.257. The second-order valence-electron chi connectivity index (χ2n) is 8.59. The molecular formula is C24H44N2O3S. The molecule has 2 N–H and O–H groups in total. The van der Waals surface area contributed by atoms with E-state index in [0.29, 0.717) is 13.0 Å². The fraction of sp³-hybridized carbons (Fsp3) is 0.750. The molecule has 3 atom stereocenters. The number of benzene rings is 1. The van der Waals surface area contributed by atoms with Gasteiger partial charge in [-0.25, -0.2) is 8.42 Å². The van der Waals surface area contributed by atoms with Gasteiger partial charge in [-0.05, 0) is 44.2 Å².